The largest absolute Gasteiger partial charge is 0.378 e. The number of ether oxygens (including phenoxy) is 2. The molecule has 0 unspecified atom stereocenters. The van der Waals surface area contributed by atoms with Crippen molar-refractivity contribution >= 4 is 21.8 Å². The second kappa shape index (κ2) is 11.3. The van der Waals surface area contributed by atoms with E-state index < -0.39 is 0 Å². The number of pyridine rings is 3. The van der Waals surface area contributed by atoms with Crippen molar-refractivity contribution < 1.29 is 9.47 Å². The molecule has 0 aromatic carbocycles. The lowest BCUT2D eigenvalue weighted by Crippen LogP contribution is -2.26. The van der Waals surface area contributed by atoms with Crippen LogP contribution in [0.4, 0.5) is 0 Å². The molecule has 0 radical (unpaired) electrons. The van der Waals surface area contributed by atoms with Crippen LogP contribution in [0.3, 0.4) is 0 Å². The van der Waals surface area contributed by atoms with Crippen molar-refractivity contribution in [2.75, 3.05) is 39.5 Å². The van der Waals surface area contributed by atoms with Gasteiger partial charge in [0.1, 0.15) is 0 Å². The summed E-state index contributed by atoms with van der Waals surface area (Å²) in [6.45, 7) is 12.7. The van der Waals surface area contributed by atoms with E-state index >= 15 is 0 Å². The molecule has 3 aromatic heterocycles. The first kappa shape index (κ1) is 24.0. The van der Waals surface area contributed by atoms with Crippen molar-refractivity contribution in [2.45, 2.75) is 26.2 Å². The average molecular weight is 466 g/mol. The molecule has 0 atom stereocenters. The van der Waals surface area contributed by atoms with Gasteiger partial charge in [-0.25, -0.2) is 4.98 Å². The molecule has 0 saturated carbocycles. The van der Waals surface area contributed by atoms with E-state index in [-0.39, 0.29) is 11.1 Å². The van der Waals surface area contributed by atoms with Gasteiger partial charge < -0.3 is 29.2 Å². The second-order valence-electron chi connectivity index (χ2n) is 8.16. The normalized spacial score (nSPS) is 16.1. The molecule has 1 aliphatic rings. The monoisotopic (exact) mass is 465 g/mol. The molecule has 4 rings (SSSR count). The predicted molar refractivity (Wildman–Crippen MR) is 133 cm³/mol. The Balaban J connectivity index is 1.93. The molecule has 0 aliphatic carbocycles. The van der Waals surface area contributed by atoms with Gasteiger partial charge in [-0.05, 0) is 6.07 Å². The Hall–Kier alpha value is -3.11. The fourth-order valence-corrected chi connectivity index (χ4v) is 4.12. The van der Waals surface area contributed by atoms with Crippen molar-refractivity contribution in [1.82, 2.24) is 24.8 Å². The van der Waals surface area contributed by atoms with Crippen molar-refractivity contribution in [1.29, 1.82) is 0 Å². The van der Waals surface area contributed by atoms with Crippen LogP contribution in [0.5, 0.6) is 0 Å². The number of aromatic nitrogens is 3. The molecule has 180 valence electrons. The smallest absolute Gasteiger partial charge is 0.260 e. The zero-order valence-electron chi connectivity index (χ0n) is 19.3. The van der Waals surface area contributed by atoms with Gasteiger partial charge in [0.25, 0.3) is 11.1 Å². The van der Waals surface area contributed by atoms with E-state index in [2.05, 4.69) is 23.8 Å². The summed E-state index contributed by atoms with van der Waals surface area (Å²) >= 11 is 0. The molecule has 9 nitrogen and oxygen atoms in total. The minimum absolute atomic E-state index is 0.197. The first-order valence-electron chi connectivity index (χ1n) is 11.5. The summed E-state index contributed by atoms with van der Waals surface area (Å²) < 4.78 is 14.4. The molecule has 2 bridgehead atoms. The van der Waals surface area contributed by atoms with Crippen LogP contribution in [0.15, 0.2) is 53.4 Å². The summed E-state index contributed by atoms with van der Waals surface area (Å²) in [6.07, 6.45) is 6.99. The van der Waals surface area contributed by atoms with Gasteiger partial charge in [-0.2, -0.15) is 0 Å². The van der Waals surface area contributed by atoms with Crippen molar-refractivity contribution in [2.24, 2.45) is 0 Å². The Morgan fingerprint density at radius 2 is 1.29 bits per heavy atom. The molecule has 3 aromatic rings. The van der Waals surface area contributed by atoms with Gasteiger partial charge in [0.05, 0.1) is 48.2 Å². The van der Waals surface area contributed by atoms with E-state index in [1.807, 2.05) is 12.4 Å². The lowest BCUT2D eigenvalue weighted by atomic mass is 10.1. The molecule has 1 aliphatic heterocycles. The average Bonchev–Trinajstić information content (AvgIpc) is 2.84. The molecule has 0 saturated heterocycles. The standard InChI is InChI=1S/C25H31N5O4/c1-3-7-29-16-18-14-26-5-9-33-11-12-34-10-6-27-15-19-17-30(8-4-2)25(32)21-13-20(24(29)31)22(18)28-23(19)21/h3-4,13,16-17,26-27H,1-2,5-12,14-15H2. The highest BCUT2D eigenvalue weighted by molar-refractivity contribution is 5.94. The van der Waals surface area contributed by atoms with E-state index in [0.717, 1.165) is 11.1 Å². The Morgan fingerprint density at radius 3 is 1.74 bits per heavy atom. The number of hydrogen-bond donors (Lipinski definition) is 2. The second-order valence-corrected chi connectivity index (χ2v) is 8.16. The van der Waals surface area contributed by atoms with Crippen molar-refractivity contribution in [3.8, 4) is 0 Å². The van der Waals surface area contributed by atoms with Gasteiger partial charge in [-0.1, -0.05) is 12.2 Å². The third-order valence-electron chi connectivity index (χ3n) is 5.74. The van der Waals surface area contributed by atoms with Gasteiger partial charge in [0.2, 0.25) is 0 Å². The zero-order valence-corrected chi connectivity index (χ0v) is 19.3. The van der Waals surface area contributed by atoms with Crippen LogP contribution in [0.1, 0.15) is 11.1 Å². The Labute approximate surface area is 197 Å². The molecule has 0 spiro atoms. The Morgan fingerprint density at radius 1 is 0.824 bits per heavy atom. The van der Waals surface area contributed by atoms with Gasteiger partial charge in [-0.15, -0.1) is 13.2 Å². The van der Waals surface area contributed by atoms with Crippen LogP contribution in [0.25, 0.3) is 21.8 Å². The van der Waals surface area contributed by atoms with Gasteiger partial charge in [0.15, 0.2) is 0 Å². The van der Waals surface area contributed by atoms with Crippen LogP contribution in [-0.2, 0) is 35.7 Å². The maximum atomic E-state index is 13.2. The van der Waals surface area contributed by atoms with Crippen LogP contribution >= 0.6 is 0 Å². The first-order valence-corrected chi connectivity index (χ1v) is 11.5. The van der Waals surface area contributed by atoms with Crippen molar-refractivity contribution in [3.05, 3.63) is 75.6 Å². The lowest BCUT2D eigenvalue weighted by molar-refractivity contribution is 0.0498. The molecule has 4 heterocycles. The summed E-state index contributed by atoms with van der Waals surface area (Å²) in [7, 11) is 0. The maximum absolute atomic E-state index is 13.2. The molecule has 0 amide bonds. The summed E-state index contributed by atoms with van der Waals surface area (Å²) in [5.74, 6) is 0. The quantitative estimate of drug-likeness (QED) is 0.443. The first-order chi connectivity index (χ1) is 16.6. The Kier molecular flexibility index (Phi) is 8.02. The van der Waals surface area contributed by atoms with Crippen LogP contribution in [0.2, 0.25) is 0 Å². The molecule has 34 heavy (non-hydrogen) atoms. The van der Waals surface area contributed by atoms with Crippen LogP contribution < -0.4 is 21.8 Å². The van der Waals surface area contributed by atoms with E-state index in [0.29, 0.717) is 87.5 Å². The minimum Gasteiger partial charge on any atom is -0.378 e. The maximum Gasteiger partial charge on any atom is 0.260 e. The van der Waals surface area contributed by atoms with Gasteiger partial charge in [0, 0.05) is 62.8 Å². The summed E-state index contributed by atoms with van der Waals surface area (Å²) in [6, 6.07) is 1.69. The highest BCUT2D eigenvalue weighted by atomic mass is 16.5. The van der Waals surface area contributed by atoms with E-state index in [1.165, 1.54) is 0 Å². The fraction of sp³-hybridized carbons (Fsp3) is 0.400. The topological polar surface area (TPSA) is 99.4 Å². The molecule has 2 N–H and O–H groups in total. The summed E-state index contributed by atoms with van der Waals surface area (Å²) in [5.41, 5.74) is 2.55. The lowest BCUT2D eigenvalue weighted by Gasteiger charge is -2.15. The summed E-state index contributed by atoms with van der Waals surface area (Å²) in [4.78, 5) is 31.4. The molecule has 9 heteroatoms. The van der Waals surface area contributed by atoms with E-state index in [4.69, 9.17) is 14.5 Å². The van der Waals surface area contributed by atoms with E-state index in [9.17, 15) is 9.59 Å². The van der Waals surface area contributed by atoms with Gasteiger partial charge >= 0.3 is 0 Å². The fourth-order valence-electron chi connectivity index (χ4n) is 4.12. The molecular formula is C25H31N5O4. The third-order valence-corrected chi connectivity index (χ3v) is 5.74. The number of hydrogen-bond acceptors (Lipinski definition) is 7. The Bertz CT molecular complexity index is 1210. The van der Waals surface area contributed by atoms with E-state index in [1.54, 1.807) is 27.4 Å². The van der Waals surface area contributed by atoms with Crippen molar-refractivity contribution in [3.63, 3.8) is 0 Å². The zero-order chi connectivity index (χ0) is 23.9. The number of rotatable bonds is 4. The number of nitrogens with one attached hydrogen (secondary N) is 2. The third kappa shape index (κ3) is 5.18. The molecular weight excluding hydrogens is 434 g/mol. The molecule has 0 fully saturated rings. The summed E-state index contributed by atoms with van der Waals surface area (Å²) in [5, 5.41) is 7.57. The highest BCUT2D eigenvalue weighted by Gasteiger charge is 2.16. The number of nitrogens with zero attached hydrogens (tertiary/aromatic N) is 3. The highest BCUT2D eigenvalue weighted by Crippen LogP contribution is 2.21. The van der Waals surface area contributed by atoms with Gasteiger partial charge in [-0.3, -0.25) is 9.59 Å². The predicted octanol–water partition coefficient (Wildman–Crippen LogP) is 1.31. The minimum atomic E-state index is -0.197. The SMILES string of the molecule is C=CCn1cc2c3nc4c(cn(CC=C)c(=O)c4cc3c1=O)CNCCOCCOCCNC2. The van der Waals surface area contributed by atoms with Crippen LogP contribution in [0, 0.1) is 0 Å². The van der Waals surface area contributed by atoms with Crippen LogP contribution in [-0.4, -0.2) is 53.6 Å². The number of allylic oxidation sites excluding steroid dienone is 2.